The van der Waals surface area contributed by atoms with Gasteiger partial charge in [-0.15, -0.1) is 24.0 Å². The molecule has 6 nitrogen and oxygen atoms in total. The van der Waals surface area contributed by atoms with Gasteiger partial charge in [0.15, 0.2) is 5.96 Å². The number of benzene rings is 1. The zero-order valence-electron chi connectivity index (χ0n) is 15.5. The van der Waals surface area contributed by atoms with Crippen LogP contribution in [0.25, 0.3) is 0 Å². The van der Waals surface area contributed by atoms with E-state index in [2.05, 4.69) is 33.1 Å². The molecule has 1 fully saturated rings. The quantitative estimate of drug-likeness (QED) is 0.269. The lowest BCUT2D eigenvalue weighted by molar-refractivity contribution is -0.146. The summed E-state index contributed by atoms with van der Waals surface area (Å²) in [6.45, 7) is 4.96. The Kier molecular flexibility index (Phi) is 10.3. The summed E-state index contributed by atoms with van der Waals surface area (Å²) in [5, 5.41) is 3.34. The lowest BCUT2D eigenvalue weighted by atomic mass is 9.97. The molecule has 0 amide bonds. The first-order valence-corrected chi connectivity index (χ1v) is 9.31. The third-order valence-corrected chi connectivity index (χ3v) is 4.80. The Bertz CT molecular complexity index is 620. The minimum absolute atomic E-state index is 0. The van der Waals surface area contributed by atoms with Crippen molar-refractivity contribution in [3.63, 3.8) is 0 Å². The predicted octanol–water partition coefficient (Wildman–Crippen LogP) is 3.43. The fraction of sp³-hybridized carbons (Fsp3) is 0.556. The Balaban J connectivity index is 0.00000338. The lowest BCUT2D eigenvalue weighted by Crippen LogP contribution is -2.46. The first-order valence-electron chi connectivity index (χ1n) is 8.52. The average molecular weight is 540 g/mol. The number of likely N-dealkylation sites (tertiary alicyclic amines) is 1. The topological polar surface area (TPSA) is 63.2 Å². The number of methoxy groups -OCH3 is 2. The van der Waals surface area contributed by atoms with Gasteiger partial charge in [0.1, 0.15) is 5.75 Å². The number of halogens is 2. The highest BCUT2D eigenvalue weighted by Gasteiger charge is 2.26. The molecule has 26 heavy (non-hydrogen) atoms. The van der Waals surface area contributed by atoms with E-state index in [0.29, 0.717) is 6.54 Å². The number of piperidine rings is 1. The zero-order valence-corrected chi connectivity index (χ0v) is 19.4. The minimum atomic E-state index is -0.111. The number of ether oxygens (including phenoxy) is 2. The van der Waals surface area contributed by atoms with Gasteiger partial charge in [-0.2, -0.15) is 0 Å². The summed E-state index contributed by atoms with van der Waals surface area (Å²) in [6.07, 6.45) is 1.58. The highest BCUT2D eigenvalue weighted by molar-refractivity contribution is 14.0. The Morgan fingerprint density at radius 3 is 2.62 bits per heavy atom. The molecule has 0 spiro atoms. The summed E-state index contributed by atoms with van der Waals surface area (Å²) in [5.74, 6) is 1.58. The van der Waals surface area contributed by atoms with Gasteiger partial charge >= 0.3 is 5.97 Å². The SMILES string of the molecule is CCNC(=NCc1cc(Br)ccc1OC)N1CCC(C(=O)OC)CC1.I. The monoisotopic (exact) mass is 539 g/mol. The number of hydrogen-bond acceptors (Lipinski definition) is 4. The fourth-order valence-electron chi connectivity index (χ4n) is 2.95. The van der Waals surface area contributed by atoms with Crippen molar-refractivity contribution < 1.29 is 14.3 Å². The highest BCUT2D eigenvalue weighted by atomic mass is 127. The molecule has 0 aliphatic carbocycles. The van der Waals surface area contributed by atoms with E-state index in [0.717, 1.165) is 54.2 Å². The molecule has 1 saturated heterocycles. The first-order chi connectivity index (χ1) is 12.1. The number of carbonyl (C=O) groups is 1. The second-order valence-corrected chi connectivity index (χ2v) is 6.83. The van der Waals surface area contributed by atoms with E-state index in [9.17, 15) is 4.79 Å². The molecule has 0 radical (unpaired) electrons. The second-order valence-electron chi connectivity index (χ2n) is 5.91. The number of esters is 1. The summed E-state index contributed by atoms with van der Waals surface area (Å²) in [4.78, 5) is 18.6. The van der Waals surface area contributed by atoms with Crippen LogP contribution in [-0.2, 0) is 16.1 Å². The molecule has 0 unspecified atom stereocenters. The molecule has 1 aliphatic heterocycles. The second kappa shape index (κ2) is 11.6. The largest absolute Gasteiger partial charge is 0.496 e. The number of nitrogens with one attached hydrogen (secondary N) is 1. The maximum absolute atomic E-state index is 11.7. The van der Waals surface area contributed by atoms with Crippen LogP contribution in [0.4, 0.5) is 0 Å². The van der Waals surface area contributed by atoms with Crippen LogP contribution in [-0.4, -0.2) is 50.7 Å². The van der Waals surface area contributed by atoms with Crippen LogP contribution in [0.15, 0.2) is 27.7 Å². The minimum Gasteiger partial charge on any atom is -0.496 e. The van der Waals surface area contributed by atoms with Crippen molar-refractivity contribution >= 4 is 51.8 Å². The molecule has 0 aromatic heterocycles. The number of nitrogens with zero attached hydrogens (tertiary/aromatic N) is 2. The van der Waals surface area contributed by atoms with Gasteiger partial charge in [0.05, 0.1) is 26.7 Å². The van der Waals surface area contributed by atoms with Crippen molar-refractivity contribution in [3.05, 3.63) is 28.2 Å². The van der Waals surface area contributed by atoms with E-state index < -0.39 is 0 Å². The molecule has 1 aliphatic rings. The van der Waals surface area contributed by atoms with Gasteiger partial charge < -0.3 is 19.7 Å². The Morgan fingerprint density at radius 1 is 1.35 bits per heavy atom. The number of hydrogen-bond donors (Lipinski definition) is 1. The number of guanidine groups is 1. The van der Waals surface area contributed by atoms with Crippen LogP contribution in [0.5, 0.6) is 5.75 Å². The Hall–Kier alpha value is -1.03. The first kappa shape index (κ1) is 23.0. The zero-order chi connectivity index (χ0) is 18.2. The van der Waals surface area contributed by atoms with Gasteiger partial charge in [-0.3, -0.25) is 4.79 Å². The summed E-state index contributed by atoms with van der Waals surface area (Å²) in [6, 6.07) is 5.91. The number of rotatable bonds is 5. The van der Waals surface area contributed by atoms with Crippen LogP contribution >= 0.6 is 39.9 Å². The molecule has 8 heteroatoms. The third-order valence-electron chi connectivity index (χ3n) is 4.31. The maximum atomic E-state index is 11.7. The predicted molar refractivity (Wildman–Crippen MR) is 117 cm³/mol. The number of aliphatic imine (C=N–C) groups is 1. The Labute approximate surface area is 180 Å². The summed E-state index contributed by atoms with van der Waals surface area (Å²) < 4.78 is 11.3. The van der Waals surface area contributed by atoms with E-state index in [1.807, 2.05) is 18.2 Å². The molecule has 1 heterocycles. The molecule has 146 valence electrons. The summed E-state index contributed by atoms with van der Waals surface area (Å²) in [5.41, 5.74) is 1.02. The Morgan fingerprint density at radius 2 is 2.04 bits per heavy atom. The average Bonchev–Trinajstić information content (AvgIpc) is 2.64. The van der Waals surface area contributed by atoms with Crippen LogP contribution in [0, 0.1) is 5.92 Å². The van der Waals surface area contributed by atoms with Gasteiger partial charge in [-0.1, -0.05) is 15.9 Å². The van der Waals surface area contributed by atoms with Crippen molar-refractivity contribution in [3.8, 4) is 5.75 Å². The van der Waals surface area contributed by atoms with Crippen LogP contribution in [0.3, 0.4) is 0 Å². The molecular weight excluding hydrogens is 513 g/mol. The van der Waals surface area contributed by atoms with Crippen molar-refractivity contribution in [1.29, 1.82) is 0 Å². The molecule has 0 bridgehead atoms. The van der Waals surface area contributed by atoms with Crippen molar-refractivity contribution in [1.82, 2.24) is 10.2 Å². The van der Waals surface area contributed by atoms with E-state index in [1.165, 1.54) is 7.11 Å². The van der Waals surface area contributed by atoms with Gasteiger partial charge in [-0.25, -0.2) is 4.99 Å². The molecule has 2 rings (SSSR count). The molecular formula is C18H27BrIN3O3. The molecule has 1 aromatic carbocycles. The maximum Gasteiger partial charge on any atom is 0.308 e. The van der Waals surface area contributed by atoms with Crippen molar-refractivity contribution in [2.75, 3.05) is 33.9 Å². The molecule has 1 aromatic rings. The highest BCUT2D eigenvalue weighted by Crippen LogP contribution is 2.24. The standard InChI is InChI=1S/C18H26BrN3O3.HI/c1-4-20-18(22-9-7-13(8-10-22)17(23)25-3)21-12-14-11-15(19)5-6-16(14)24-2;/h5-6,11,13H,4,7-10,12H2,1-3H3,(H,20,21);1H. The van der Waals surface area contributed by atoms with E-state index in [1.54, 1.807) is 7.11 Å². The van der Waals surface area contributed by atoms with E-state index in [-0.39, 0.29) is 35.9 Å². The fourth-order valence-corrected chi connectivity index (χ4v) is 3.36. The van der Waals surface area contributed by atoms with Crippen LogP contribution in [0.2, 0.25) is 0 Å². The number of carbonyl (C=O) groups excluding carboxylic acids is 1. The normalized spacial score (nSPS) is 15.2. The smallest absolute Gasteiger partial charge is 0.308 e. The molecule has 0 atom stereocenters. The molecule has 1 N–H and O–H groups in total. The van der Waals surface area contributed by atoms with Crippen molar-refractivity contribution in [2.24, 2.45) is 10.9 Å². The van der Waals surface area contributed by atoms with Crippen LogP contribution < -0.4 is 10.1 Å². The summed E-state index contributed by atoms with van der Waals surface area (Å²) >= 11 is 3.49. The van der Waals surface area contributed by atoms with Gasteiger partial charge in [-0.05, 0) is 38.0 Å². The lowest BCUT2D eigenvalue weighted by Gasteiger charge is -2.33. The van der Waals surface area contributed by atoms with Crippen molar-refractivity contribution in [2.45, 2.75) is 26.3 Å². The van der Waals surface area contributed by atoms with Crippen LogP contribution in [0.1, 0.15) is 25.3 Å². The van der Waals surface area contributed by atoms with Gasteiger partial charge in [0.25, 0.3) is 0 Å². The van der Waals surface area contributed by atoms with Gasteiger partial charge in [0.2, 0.25) is 0 Å². The van der Waals surface area contributed by atoms with Gasteiger partial charge in [0, 0.05) is 29.7 Å². The summed E-state index contributed by atoms with van der Waals surface area (Å²) in [7, 11) is 3.12. The van der Waals surface area contributed by atoms with E-state index >= 15 is 0 Å². The van der Waals surface area contributed by atoms with E-state index in [4.69, 9.17) is 14.5 Å². The molecule has 0 saturated carbocycles. The third kappa shape index (κ3) is 6.29.